The maximum absolute atomic E-state index is 3.71. The standard InChI is InChI=1S/C17H27NS/c1-5-10-18-15-8-9-16(14(15)4)19-17-11-12(2)6-7-13(17)3/h6-7,11,14-16,18H,5,8-10H2,1-4H3. The van der Waals surface area contributed by atoms with Crippen molar-refractivity contribution in [1.82, 2.24) is 5.32 Å². The van der Waals surface area contributed by atoms with Crippen LogP contribution < -0.4 is 5.32 Å². The van der Waals surface area contributed by atoms with Crippen molar-refractivity contribution in [2.24, 2.45) is 5.92 Å². The second-order valence-corrected chi connectivity index (χ2v) is 7.20. The van der Waals surface area contributed by atoms with Crippen molar-refractivity contribution in [1.29, 1.82) is 0 Å². The third-order valence-electron chi connectivity index (χ3n) is 4.26. The number of hydrogen-bond donors (Lipinski definition) is 1. The van der Waals surface area contributed by atoms with Gasteiger partial charge in [-0.2, -0.15) is 0 Å². The van der Waals surface area contributed by atoms with Crippen LogP contribution >= 0.6 is 11.8 Å². The number of hydrogen-bond acceptors (Lipinski definition) is 2. The normalized spacial score (nSPS) is 26.8. The lowest BCUT2D eigenvalue weighted by Gasteiger charge is -2.22. The van der Waals surface area contributed by atoms with E-state index in [1.807, 2.05) is 0 Å². The summed E-state index contributed by atoms with van der Waals surface area (Å²) in [6.45, 7) is 10.2. The second-order valence-electron chi connectivity index (χ2n) is 5.92. The molecule has 106 valence electrons. The van der Waals surface area contributed by atoms with Crippen LogP contribution in [0.1, 0.15) is 44.2 Å². The molecular formula is C17H27NS. The van der Waals surface area contributed by atoms with Gasteiger partial charge >= 0.3 is 0 Å². The van der Waals surface area contributed by atoms with E-state index in [1.54, 1.807) is 0 Å². The summed E-state index contributed by atoms with van der Waals surface area (Å²) in [4.78, 5) is 1.48. The monoisotopic (exact) mass is 277 g/mol. The molecule has 19 heavy (non-hydrogen) atoms. The first kappa shape index (κ1) is 14.9. The number of benzene rings is 1. The highest BCUT2D eigenvalue weighted by Crippen LogP contribution is 2.40. The molecule has 0 aliphatic heterocycles. The topological polar surface area (TPSA) is 12.0 Å². The first-order chi connectivity index (χ1) is 9.11. The van der Waals surface area contributed by atoms with E-state index in [2.05, 4.69) is 63.0 Å². The lowest BCUT2D eigenvalue weighted by molar-refractivity contribution is 0.432. The van der Waals surface area contributed by atoms with Gasteiger partial charge in [-0.05, 0) is 57.2 Å². The maximum atomic E-state index is 3.71. The molecule has 0 amide bonds. The van der Waals surface area contributed by atoms with Crippen LogP contribution in [0.25, 0.3) is 0 Å². The average molecular weight is 277 g/mol. The van der Waals surface area contributed by atoms with Crippen LogP contribution in [-0.2, 0) is 0 Å². The second kappa shape index (κ2) is 6.81. The van der Waals surface area contributed by atoms with Gasteiger partial charge in [0.1, 0.15) is 0 Å². The van der Waals surface area contributed by atoms with E-state index in [0.29, 0.717) is 0 Å². The van der Waals surface area contributed by atoms with Crippen molar-refractivity contribution >= 4 is 11.8 Å². The molecule has 0 aromatic heterocycles. The fourth-order valence-corrected chi connectivity index (χ4v) is 4.40. The van der Waals surface area contributed by atoms with Crippen molar-refractivity contribution < 1.29 is 0 Å². The molecule has 1 aliphatic carbocycles. The SMILES string of the molecule is CCCNC1CCC(Sc2cc(C)ccc2C)C1C. The van der Waals surface area contributed by atoms with E-state index in [0.717, 1.165) is 23.8 Å². The summed E-state index contributed by atoms with van der Waals surface area (Å²) in [6, 6.07) is 7.54. The molecule has 1 fully saturated rings. The van der Waals surface area contributed by atoms with Gasteiger partial charge in [-0.3, -0.25) is 0 Å². The molecular weight excluding hydrogens is 250 g/mol. The molecule has 1 aromatic rings. The molecule has 1 aliphatic rings. The van der Waals surface area contributed by atoms with Crippen molar-refractivity contribution in [3.8, 4) is 0 Å². The molecule has 1 aromatic carbocycles. The maximum Gasteiger partial charge on any atom is 0.0135 e. The largest absolute Gasteiger partial charge is 0.314 e. The van der Waals surface area contributed by atoms with Crippen molar-refractivity contribution in [2.45, 2.75) is 63.1 Å². The van der Waals surface area contributed by atoms with Crippen molar-refractivity contribution in [3.63, 3.8) is 0 Å². The van der Waals surface area contributed by atoms with E-state index in [-0.39, 0.29) is 0 Å². The van der Waals surface area contributed by atoms with Gasteiger partial charge in [-0.25, -0.2) is 0 Å². The van der Waals surface area contributed by atoms with Crippen LogP contribution in [-0.4, -0.2) is 17.8 Å². The number of nitrogens with one attached hydrogen (secondary N) is 1. The first-order valence-electron chi connectivity index (χ1n) is 7.59. The van der Waals surface area contributed by atoms with Gasteiger partial charge in [0.25, 0.3) is 0 Å². The van der Waals surface area contributed by atoms with Crippen molar-refractivity contribution in [2.75, 3.05) is 6.54 Å². The molecule has 3 unspecified atom stereocenters. The van der Waals surface area contributed by atoms with E-state index < -0.39 is 0 Å². The Morgan fingerprint density at radius 2 is 2.05 bits per heavy atom. The van der Waals surface area contributed by atoms with E-state index in [9.17, 15) is 0 Å². The minimum absolute atomic E-state index is 0.725. The van der Waals surface area contributed by atoms with Gasteiger partial charge in [0.2, 0.25) is 0 Å². The summed E-state index contributed by atoms with van der Waals surface area (Å²) in [5.41, 5.74) is 2.80. The highest BCUT2D eigenvalue weighted by Gasteiger charge is 2.33. The third kappa shape index (κ3) is 3.76. The molecule has 2 heteroatoms. The molecule has 2 rings (SSSR count). The Morgan fingerprint density at radius 1 is 1.26 bits per heavy atom. The summed E-state index contributed by atoms with van der Waals surface area (Å²) in [5, 5.41) is 4.48. The van der Waals surface area contributed by atoms with Gasteiger partial charge in [-0.1, -0.05) is 31.5 Å². The summed E-state index contributed by atoms with van der Waals surface area (Å²) < 4.78 is 0. The predicted molar refractivity (Wildman–Crippen MR) is 86.0 cm³/mol. The van der Waals surface area contributed by atoms with Gasteiger partial charge in [0.05, 0.1) is 0 Å². The molecule has 0 bridgehead atoms. The summed E-state index contributed by atoms with van der Waals surface area (Å²) >= 11 is 2.10. The smallest absolute Gasteiger partial charge is 0.0135 e. The average Bonchev–Trinajstić information content (AvgIpc) is 2.73. The van der Waals surface area contributed by atoms with E-state index in [4.69, 9.17) is 0 Å². The Kier molecular flexibility index (Phi) is 5.35. The Morgan fingerprint density at radius 3 is 2.79 bits per heavy atom. The third-order valence-corrected chi connectivity index (χ3v) is 5.92. The Balaban J connectivity index is 1.98. The molecule has 0 radical (unpaired) electrons. The Hall–Kier alpha value is -0.470. The summed E-state index contributed by atoms with van der Waals surface area (Å²) in [5.74, 6) is 0.775. The molecule has 3 atom stereocenters. The van der Waals surface area contributed by atoms with Gasteiger partial charge < -0.3 is 5.32 Å². The molecule has 1 saturated carbocycles. The van der Waals surface area contributed by atoms with E-state index in [1.165, 1.54) is 35.3 Å². The molecule has 1 nitrogen and oxygen atoms in total. The van der Waals surface area contributed by atoms with Crippen molar-refractivity contribution in [3.05, 3.63) is 29.3 Å². The zero-order chi connectivity index (χ0) is 13.8. The van der Waals surface area contributed by atoms with Crippen LogP contribution in [0, 0.1) is 19.8 Å². The predicted octanol–water partition coefficient (Wildman–Crippen LogP) is 4.56. The zero-order valence-electron chi connectivity index (χ0n) is 12.7. The van der Waals surface area contributed by atoms with Crippen LogP contribution in [0.2, 0.25) is 0 Å². The first-order valence-corrected chi connectivity index (χ1v) is 8.47. The highest BCUT2D eigenvalue weighted by atomic mass is 32.2. The number of aryl methyl sites for hydroxylation is 2. The van der Waals surface area contributed by atoms with Crippen LogP contribution in [0.15, 0.2) is 23.1 Å². The van der Waals surface area contributed by atoms with Crippen LogP contribution in [0.4, 0.5) is 0 Å². The molecule has 0 heterocycles. The lowest BCUT2D eigenvalue weighted by atomic mass is 10.1. The number of rotatable bonds is 5. The number of thioether (sulfide) groups is 1. The highest BCUT2D eigenvalue weighted by molar-refractivity contribution is 8.00. The molecule has 1 N–H and O–H groups in total. The van der Waals surface area contributed by atoms with Crippen LogP contribution in [0.5, 0.6) is 0 Å². The summed E-state index contributed by atoms with van der Waals surface area (Å²) in [6.07, 6.45) is 3.92. The lowest BCUT2D eigenvalue weighted by Crippen LogP contribution is -2.33. The van der Waals surface area contributed by atoms with E-state index >= 15 is 0 Å². The minimum Gasteiger partial charge on any atom is -0.314 e. The molecule has 0 spiro atoms. The molecule has 0 saturated heterocycles. The Labute approximate surface area is 122 Å². The fraction of sp³-hybridized carbons (Fsp3) is 0.647. The fourth-order valence-electron chi connectivity index (χ4n) is 2.91. The van der Waals surface area contributed by atoms with Crippen LogP contribution in [0.3, 0.4) is 0 Å². The quantitative estimate of drug-likeness (QED) is 0.846. The van der Waals surface area contributed by atoms with Gasteiger partial charge in [-0.15, -0.1) is 11.8 Å². The minimum atomic E-state index is 0.725. The van der Waals surface area contributed by atoms with Gasteiger partial charge in [0.15, 0.2) is 0 Å². The summed E-state index contributed by atoms with van der Waals surface area (Å²) in [7, 11) is 0. The zero-order valence-corrected chi connectivity index (χ0v) is 13.5. The Bertz CT molecular complexity index is 416. The van der Waals surface area contributed by atoms with Gasteiger partial charge in [0, 0.05) is 16.2 Å².